The Morgan fingerprint density at radius 3 is 2.65 bits per heavy atom. The van der Waals surface area contributed by atoms with Crippen LogP contribution in [0.25, 0.3) is 0 Å². The fourth-order valence-electron chi connectivity index (χ4n) is 3.01. The third-order valence-electron chi connectivity index (χ3n) is 4.56. The van der Waals surface area contributed by atoms with Gasteiger partial charge in [-0.25, -0.2) is 5.43 Å². The lowest BCUT2D eigenvalue weighted by Gasteiger charge is -2.17. The molecule has 0 atom stereocenters. The quantitative estimate of drug-likeness (QED) is 0.775. The molecule has 0 unspecified atom stereocenters. The van der Waals surface area contributed by atoms with Crippen molar-refractivity contribution in [3.8, 4) is 5.75 Å². The highest BCUT2D eigenvalue weighted by molar-refractivity contribution is 6.04. The first-order valence-electron chi connectivity index (χ1n) is 9.31. The van der Waals surface area contributed by atoms with Gasteiger partial charge in [0.2, 0.25) is 0 Å². The van der Waals surface area contributed by atoms with Gasteiger partial charge in [-0.1, -0.05) is 38.1 Å². The van der Waals surface area contributed by atoms with E-state index in [-0.39, 0.29) is 5.91 Å². The zero-order chi connectivity index (χ0) is 18.4. The molecule has 0 heterocycles. The second kappa shape index (κ2) is 8.65. The van der Waals surface area contributed by atoms with E-state index in [1.807, 2.05) is 24.3 Å². The number of aryl methyl sites for hydroxylation is 1. The molecule has 0 saturated carbocycles. The molecule has 0 aliphatic heterocycles. The number of hydrazone groups is 1. The van der Waals surface area contributed by atoms with Crippen molar-refractivity contribution in [3.63, 3.8) is 0 Å². The van der Waals surface area contributed by atoms with Crippen LogP contribution in [0.3, 0.4) is 0 Å². The zero-order valence-corrected chi connectivity index (χ0v) is 15.5. The van der Waals surface area contributed by atoms with Crippen molar-refractivity contribution < 1.29 is 9.53 Å². The van der Waals surface area contributed by atoms with Crippen molar-refractivity contribution in [1.29, 1.82) is 0 Å². The van der Waals surface area contributed by atoms with Crippen LogP contribution in [0.1, 0.15) is 54.6 Å². The Morgan fingerprint density at radius 1 is 1.12 bits per heavy atom. The number of nitrogens with one attached hydrogen (secondary N) is 1. The number of hydrogen-bond donors (Lipinski definition) is 1. The molecule has 0 bridgehead atoms. The van der Waals surface area contributed by atoms with E-state index in [0.29, 0.717) is 18.1 Å². The normalized spacial score (nSPS) is 15.0. The molecule has 1 aliphatic carbocycles. The largest absolute Gasteiger partial charge is 0.494 e. The molecular weight excluding hydrogens is 324 g/mol. The molecule has 4 heteroatoms. The molecule has 0 saturated heterocycles. The van der Waals surface area contributed by atoms with E-state index >= 15 is 0 Å². The summed E-state index contributed by atoms with van der Waals surface area (Å²) in [6, 6.07) is 15.5. The van der Waals surface area contributed by atoms with E-state index in [4.69, 9.17) is 4.74 Å². The number of amides is 1. The molecule has 0 spiro atoms. The fourth-order valence-corrected chi connectivity index (χ4v) is 3.01. The molecule has 3 rings (SSSR count). The Kier molecular flexibility index (Phi) is 6.05. The fraction of sp³-hybridized carbons (Fsp3) is 0.364. The van der Waals surface area contributed by atoms with E-state index < -0.39 is 0 Å². The average molecular weight is 350 g/mol. The van der Waals surface area contributed by atoms with Crippen LogP contribution in [0.5, 0.6) is 5.75 Å². The van der Waals surface area contributed by atoms with Gasteiger partial charge in [0.15, 0.2) is 0 Å². The number of carbonyl (C=O) groups excluding carboxylic acids is 1. The summed E-state index contributed by atoms with van der Waals surface area (Å²) >= 11 is 0. The number of rotatable bonds is 6. The molecule has 1 N–H and O–H groups in total. The summed E-state index contributed by atoms with van der Waals surface area (Å²) in [4.78, 5) is 12.4. The highest BCUT2D eigenvalue weighted by Crippen LogP contribution is 2.21. The number of nitrogens with zero attached hydrogens (tertiary/aromatic N) is 1. The third kappa shape index (κ3) is 4.72. The molecule has 26 heavy (non-hydrogen) atoms. The van der Waals surface area contributed by atoms with E-state index in [1.54, 1.807) is 12.1 Å². The molecule has 2 aromatic carbocycles. The van der Waals surface area contributed by atoms with Crippen LogP contribution in [-0.4, -0.2) is 18.2 Å². The Labute approximate surface area is 155 Å². The van der Waals surface area contributed by atoms with E-state index in [1.165, 1.54) is 5.56 Å². The highest BCUT2D eigenvalue weighted by atomic mass is 16.5. The number of benzene rings is 2. The lowest BCUT2D eigenvalue weighted by Crippen LogP contribution is -2.22. The Bertz CT molecular complexity index is 779. The molecule has 1 aliphatic rings. The van der Waals surface area contributed by atoms with Crippen LogP contribution < -0.4 is 10.2 Å². The van der Waals surface area contributed by atoms with Crippen molar-refractivity contribution in [2.45, 2.75) is 39.5 Å². The van der Waals surface area contributed by atoms with Gasteiger partial charge in [-0.05, 0) is 61.4 Å². The molecular formula is C22H26N2O2. The maximum Gasteiger partial charge on any atom is 0.271 e. The van der Waals surface area contributed by atoms with Gasteiger partial charge in [0.05, 0.1) is 12.3 Å². The van der Waals surface area contributed by atoms with Crippen LogP contribution in [-0.2, 0) is 6.42 Å². The minimum atomic E-state index is -0.200. The maximum atomic E-state index is 12.4. The summed E-state index contributed by atoms with van der Waals surface area (Å²) in [5.41, 5.74) is 6.67. The van der Waals surface area contributed by atoms with Crippen LogP contribution >= 0.6 is 0 Å². The lowest BCUT2D eigenvalue weighted by molar-refractivity contribution is 0.0954. The summed E-state index contributed by atoms with van der Waals surface area (Å²) < 4.78 is 5.69. The van der Waals surface area contributed by atoms with Crippen LogP contribution in [0.15, 0.2) is 53.6 Å². The van der Waals surface area contributed by atoms with E-state index in [9.17, 15) is 4.79 Å². The van der Waals surface area contributed by atoms with Crippen molar-refractivity contribution >= 4 is 11.6 Å². The first-order chi connectivity index (χ1) is 12.6. The second-order valence-corrected chi connectivity index (χ2v) is 7.07. The van der Waals surface area contributed by atoms with Crippen LogP contribution in [0, 0.1) is 5.92 Å². The van der Waals surface area contributed by atoms with E-state index in [2.05, 4.69) is 36.5 Å². The summed E-state index contributed by atoms with van der Waals surface area (Å²) in [6.45, 7) is 5.03. The first kappa shape index (κ1) is 18.2. The van der Waals surface area contributed by atoms with Crippen LogP contribution in [0.2, 0.25) is 0 Å². The molecule has 0 aromatic heterocycles. The molecule has 1 amide bonds. The van der Waals surface area contributed by atoms with Crippen molar-refractivity contribution in [3.05, 3.63) is 65.2 Å². The maximum absolute atomic E-state index is 12.4. The topological polar surface area (TPSA) is 50.7 Å². The lowest BCUT2D eigenvalue weighted by atomic mass is 9.90. The van der Waals surface area contributed by atoms with E-state index in [0.717, 1.165) is 42.7 Å². The molecule has 4 nitrogen and oxygen atoms in total. The molecule has 0 fully saturated rings. The Hall–Kier alpha value is -2.62. The highest BCUT2D eigenvalue weighted by Gasteiger charge is 2.15. The Balaban J connectivity index is 1.60. The standard InChI is InChI=1S/C22H26N2O2/c1-16(2)14-15-26-19-12-10-18(11-13-19)22(25)24-23-21-9-5-7-17-6-3-4-8-20(17)21/h3-4,6,8,10-13,16H,5,7,9,14-15H2,1-2H3,(H,24,25)/b23-21+. The number of fused-ring (bicyclic) bond motifs is 1. The van der Waals surface area contributed by atoms with Gasteiger partial charge < -0.3 is 4.74 Å². The summed E-state index contributed by atoms with van der Waals surface area (Å²) in [7, 11) is 0. The number of hydrogen-bond acceptors (Lipinski definition) is 3. The van der Waals surface area contributed by atoms with Gasteiger partial charge in [-0.15, -0.1) is 0 Å². The minimum absolute atomic E-state index is 0.200. The van der Waals surface area contributed by atoms with Gasteiger partial charge in [-0.3, -0.25) is 4.79 Å². The zero-order valence-electron chi connectivity index (χ0n) is 15.5. The molecule has 2 aromatic rings. The summed E-state index contributed by atoms with van der Waals surface area (Å²) in [5.74, 6) is 1.20. The third-order valence-corrected chi connectivity index (χ3v) is 4.56. The minimum Gasteiger partial charge on any atom is -0.494 e. The molecule has 136 valence electrons. The monoisotopic (exact) mass is 350 g/mol. The Morgan fingerprint density at radius 2 is 1.88 bits per heavy atom. The van der Waals surface area contributed by atoms with Gasteiger partial charge >= 0.3 is 0 Å². The predicted molar refractivity (Wildman–Crippen MR) is 105 cm³/mol. The van der Waals surface area contributed by atoms with Crippen LogP contribution in [0.4, 0.5) is 0 Å². The summed E-state index contributed by atoms with van der Waals surface area (Å²) in [6.07, 6.45) is 4.04. The van der Waals surface area contributed by atoms with Gasteiger partial charge in [0, 0.05) is 11.1 Å². The number of ether oxygens (including phenoxy) is 1. The van der Waals surface area contributed by atoms with Gasteiger partial charge in [0.1, 0.15) is 5.75 Å². The second-order valence-electron chi connectivity index (χ2n) is 7.07. The van der Waals surface area contributed by atoms with Crippen molar-refractivity contribution in [2.75, 3.05) is 6.61 Å². The first-order valence-corrected chi connectivity index (χ1v) is 9.31. The average Bonchev–Trinajstić information content (AvgIpc) is 2.66. The van der Waals surface area contributed by atoms with Crippen molar-refractivity contribution in [1.82, 2.24) is 5.43 Å². The molecule has 0 radical (unpaired) electrons. The summed E-state index contributed by atoms with van der Waals surface area (Å²) in [5, 5.41) is 4.38. The SMILES string of the molecule is CC(C)CCOc1ccc(C(=O)N/N=C2\CCCc3ccccc32)cc1. The number of carbonyl (C=O) groups is 1. The van der Waals surface area contributed by atoms with Gasteiger partial charge in [0.25, 0.3) is 5.91 Å². The smallest absolute Gasteiger partial charge is 0.271 e. The van der Waals surface area contributed by atoms with Gasteiger partial charge in [-0.2, -0.15) is 5.10 Å². The van der Waals surface area contributed by atoms with Crippen molar-refractivity contribution in [2.24, 2.45) is 11.0 Å². The predicted octanol–water partition coefficient (Wildman–Crippen LogP) is 4.58.